The van der Waals surface area contributed by atoms with E-state index in [0.29, 0.717) is 5.56 Å². The van der Waals surface area contributed by atoms with Crippen LogP contribution in [0.3, 0.4) is 0 Å². The van der Waals surface area contributed by atoms with Crippen molar-refractivity contribution in [1.29, 1.82) is 0 Å². The highest BCUT2D eigenvalue weighted by molar-refractivity contribution is 7.91. The van der Waals surface area contributed by atoms with E-state index in [4.69, 9.17) is 0 Å². The Hall–Kier alpha value is -2.67. The van der Waals surface area contributed by atoms with Gasteiger partial charge in [-0.15, -0.1) is 0 Å². The Labute approximate surface area is 165 Å². The molecule has 0 bridgehead atoms. The third-order valence-electron chi connectivity index (χ3n) is 4.96. The average Bonchev–Trinajstić information content (AvgIpc) is 3.22. The number of hydrogen-bond acceptors (Lipinski definition) is 4. The van der Waals surface area contributed by atoms with E-state index in [9.17, 15) is 18.0 Å². The topological polar surface area (TPSA) is 92.3 Å². The van der Waals surface area contributed by atoms with E-state index < -0.39 is 26.9 Å². The molecule has 1 atom stereocenters. The van der Waals surface area contributed by atoms with E-state index in [1.54, 1.807) is 48.5 Å². The summed E-state index contributed by atoms with van der Waals surface area (Å²) in [5, 5.41) is 4.23. The summed E-state index contributed by atoms with van der Waals surface area (Å²) in [7, 11) is -3.74. The zero-order chi connectivity index (χ0) is 20.0. The number of carbonyl (C=O) groups excluding carboxylic acids is 2. The Kier molecular flexibility index (Phi) is 6.46. The van der Waals surface area contributed by atoms with Crippen molar-refractivity contribution in [2.45, 2.75) is 41.9 Å². The van der Waals surface area contributed by atoms with Gasteiger partial charge in [0.25, 0.3) is 0 Å². The lowest BCUT2D eigenvalue weighted by Crippen LogP contribution is -2.45. The van der Waals surface area contributed by atoms with Crippen LogP contribution in [-0.4, -0.2) is 32.8 Å². The van der Waals surface area contributed by atoms with Crippen LogP contribution in [0.15, 0.2) is 65.6 Å². The molecule has 0 aromatic heterocycles. The molecule has 2 aromatic rings. The molecule has 0 heterocycles. The van der Waals surface area contributed by atoms with E-state index in [0.717, 1.165) is 25.7 Å². The first-order valence-corrected chi connectivity index (χ1v) is 11.0. The van der Waals surface area contributed by atoms with Gasteiger partial charge < -0.3 is 10.6 Å². The maximum atomic E-state index is 13.1. The van der Waals surface area contributed by atoms with Crippen molar-refractivity contribution in [2.24, 2.45) is 0 Å². The van der Waals surface area contributed by atoms with Gasteiger partial charge in [0.1, 0.15) is 5.25 Å². The Bertz CT molecular complexity index is 908. The second-order valence-electron chi connectivity index (χ2n) is 6.92. The van der Waals surface area contributed by atoms with Crippen LogP contribution in [0.25, 0.3) is 0 Å². The second kappa shape index (κ2) is 9.01. The number of nitrogens with one attached hydrogen (secondary N) is 2. The molecule has 2 amide bonds. The number of amides is 2. The largest absolute Gasteiger partial charge is 0.346 e. The SMILES string of the molecule is O=C(NC[C@@H](c1ccccc1)S(=O)(=O)c1ccccc1)C(=O)NC1CCCC1. The van der Waals surface area contributed by atoms with E-state index in [1.165, 1.54) is 12.1 Å². The van der Waals surface area contributed by atoms with Gasteiger partial charge in [-0.25, -0.2) is 8.42 Å². The van der Waals surface area contributed by atoms with Gasteiger partial charge in [0.15, 0.2) is 9.84 Å². The highest BCUT2D eigenvalue weighted by Gasteiger charge is 2.30. The molecule has 0 saturated heterocycles. The number of sulfone groups is 1. The molecule has 7 heteroatoms. The minimum Gasteiger partial charge on any atom is -0.346 e. The summed E-state index contributed by atoms with van der Waals surface area (Å²) in [5.74, 6) is -1.52. The molecular formula is C21H24N2O4S. The summed E-state index contributed by atoms with van der Waals surface area (Å²) in [6.45, 7) is -0.182. The molecule has 2 N–H and O–H groups in total. The normalized spacial score (nSPS) is 15.7. The maximum absolute atomic E-state index is 13.1. The summed E-state index contributed by atoms with van der Waals surface area (Å²) < 4.78 is 26.3. The first-order valence-electron chi connectivity index (χ1n) is 9.41. The summed E-state index contributed by atoms with van der Waals surface area (Å²) >= 11 is 0. The van der Waals surface area contributed by atoms with Gasteiger partial charge in [0.2, 0.25) is 0 Å². The molecule has 28 heavy (non-hydrogen) atoms. The van der Waals surface area contributed by atoms with Crippen LogP contribution in [-0.2, 0) is 19.4 Å². The highest BCUT2D eigenvalue weighted by atomic mass is 32.2. The third-order valence-corrected chi connectivity index (χ3v) is 7.08. The van der Waals surface area contributed by atoms with E-state index in [-0.39, 0.29) is 17.5 Å². The molecule has 1 saturated carbocycles. The molecule has 0 aliphatic heterocycles. The van der Waals surface area contributed by atoms with Crippen molar-refractivity contribution >= 4 is 21.7 Å². The van der Waals surface area contributed by atoms with Crippen LogP contribution < -0.4 is 10.6 Å². The lowest BCUT2D eigenvalue weighted by Gasteiger charge is -2.19. The monoisotopic (exact) mass is 400 g/mol. The van der Waals surface area contributed by atoms with Crippen LogP contribution in [0.5, 0.6) is 0 Å². The van der Waals surface area contributed by atoms with Gasteiger partial charge in [0.05, 0.1) is 4.90 Å². The lowest BCUT2D eigenvalue weighted by atomic mass is 10.1. The fourth-order valence-electron chi connectivity index (χ4n) is 3.44. The summed E-state index contributed by atoms with van der Waals surface area (Å²) in [5.41, 5.74) is 0.558. The molecule has 148 valence electrons. The predicted molar refractivity (Wildman–Crippen MR) is 106 cm³/mol. The van der Waals surface area contributed by atoms with Crippen molar-refractivity contribution in [3.63, 3.8) is 0 Å². The van der Waals surface area contributed by atoms with E-state index in [1.807, 2.05) is 0 Å². The number of rotatable bonds is 6. The smallest absolute Gasteiger partial charge is 0.309 e. The van der Waals surface area contributed by atoms with Crippen LogP contribution in [0.4, 0.5) is 0 Å². The molecule has 1 aliphatic carbocycles. The van der Waals surface area contributed by atoms with Crippen LogP contribution >= 0.6 is 0 Å². The first kappa shape index (κ1) is 20.1. The molecule has 1 aliphatic rings. The predicted octanol–water partition coefficient (Wildman–Crippen LogP) is 2.38. The van der Waals surface area contributed by atoms with Gasteiger partial charge in [-0.3, -0.25) is 9.59 Å². The molecule has 2 aromatic carbocycles. The minimum absolute atomic E-state index is 0.0243. The Morgan fingerprint density at radius 1 is 0.893 bits per heavy atom. The van der Waals surface area contributed by atoms with Gasteiger partial charge in [0, 0.05) is 12.6 Å². The van der Waals surface area contributed by atoms with Crippen LogP contribution in [0.2, 0.25) is 0 Å². The Balaban J connectivity index is 1.75. The van der Waals surface area contributed by atoms with Gasteiger partial charge in [-0.2, -0.15) is 0 Å². The number of carbonyl (C=O) groups is 2. The molecule has 0 radical (unpaired) electrons. The highest BCUT2D eigenvalue weighted by Crippen LogP contribution is 2.28. The number of hydrogen-bond donors (Lipinski definition) is 2. The molecular weight excluding hydrogens is 376 g/mol. The Morgan fingerprint density at radius 2 is 1.46 bits per heavy atom. The molecule has 0 unspecified atom stereocenters. The standard InChI is InChI=1S/C21H24N2O4S/c24-20(21(25)23-17-11-7-8-12-17)22-15-19(16-9-3-1-4-10-16)28(26,27)18-13-5-2-6-14-18/h1-6,9-10,13-14,17,19H,7-8,11-12,15H2,(H,22,24)(H,23,25)/t19-/m0/s1. The van der Waals surface area contributed by atoms with Crippen molar-refractivity contribution in [1.82, 2.24) is 10.6 Å². The Morgan fingerprint density at radius 3 is 2.07 bits per heavy atom. The zero-order valence-electron chi connectivity index (χ0n) is 15.5. The third kappa shape index (κ3) is 4.78. The van der Waals surface area contributed by atoms with Crippen molar-refractivity contribution < 1.29 is 18.0 Å². The molecule has 1 fully saturated rings. The van der Waals surface area contributed by atoms with Crippen LogP contribution in [0.1, 0.15) is 36.5 Å². The summed E-state index contributed by atoms with van der Waals surface area (Å²) in [4.78, 5) is 24.5. The van der Waals surface area contributed by atoms with Gasteiger partial charge in [-0.05, 0) is 30.5 Å². The summed E-state index contributed by atoms with van der Waals surface area (Å²) in [6.07, 6.45) is 3.82. The summed E-state index contributed by atoms with van der Waals surface area (Å²) in [6, 6.07) is 16.8. The average molecular weight is 401 g/mol. The molecule has 0 spiro atoms. The molecule has 3 rings (SSSR count). The second-order valence-corrected chi connectivity index (χ2v) is 9.05. The van der Waals surface area contributed by atoms with E-state index in [2.05, 4.69) is 10.6 Å². The fourth-order valence-corrected chi connectivity index (χ4v) is 5.12. The minimum atomic E-state index is -3.74. The van der Waals surface area contributed by atoms with Crippen molar-refractivity contribution in [2.75, 3.05) is 6.54 Å². The first-order chi connectivity index (χ1) is 13.5. The zero-order valence-corrected chi connectivity index (χ0v) is 16.3. The fraction of sp³-hybridized carbons (Fsp3) is 0.333. The van der Waals surface area contributed by atoms with Crippen LogP contribution in [0, 0.1) is 0 Å². The van der Waals surface area contributed by atoms with Crippen molar-refractivity contribution in [3.05, 3.63) is 66.2 Å². The molecule has 6 nitrogen and oxygen atoms in total. The lowest BCUT2D eigenvalue weighted by molar-refractivity contribution is -0.139. The van der Waals surface area contributed by atoms with Gasteiger partial charge in [-0.1, -0.05) is 61.4 Å². The van der Waals surface area contributed by atoms with E-state index >= 15 is 0 Å². The van der Waals surface area contributed by atoms with Crippen molar-refractivity contribution in [3.8, 4) is 0 Å². The maximum Gasteiger partial charge on any atom is 0.309 e. The van der Waals surface area contributed by atoms with Gasteiger partial charge >= 0.3 is 11.8 Å². The number of benzene rings is 2. The quantitative estimate of drug-likeness (QED) is 0.728.